The van der Waals surface area contributed by atoms with E-state index in [9.17, 15) is 4.79 Å². The van der Waals surface area contributed by atoms with E-state index < -0.39 is 0 Å². The van der Waals surface area contributed by atoms with Crippen LogP contribution in [0.3, 0.4) is 0 Å². The fourth-order valence-corrected chi connectivity index (χ4v) is 3.03. The summed E-state index contributed by atoms with van der Waals surface area (Å²) in [6, 6.07) is 27.7. The Morgan fingerprint density at radius 2 is 1.36 bits per heavy atom. The lowest BCUT2D eigenvalue weighted by Gasteiger charge is -2.24. The van der Waals surface area contributed by atoms with Crippen LogP contribution in [0.1, 0.15) is 23.6 Å². The SMILES string of the molecule is CCc1ccccc1OCNC(=O)N(Cc1ccccc1)Cc1ccccc1. The smallest absolute Gasteiger partial charge is 0.320 e. The molecular formula is C24H26N2O2. The number of nitrogens with zero attached hydrogens (tertiary/aromatic N) is 1. The van der Waals surface area contributed by atoms with E-state index in [1.54, 1.807) is 4.90 Å². The van der Waals surface area contributed by atoms with Crippen molar-refractivity contribution in [3.8, 4) is 5.75 Å². The first-order valence-electron chi connectivity index (χ1n) is 9.57. The molecule has 2 amide bonds. The Labute approximate surface area is 166 Å². The Kier molecular flexibility index (Phi) is 7.08. The molecule has 0 aliphatic carbocycles. The second kappa shape index (κ2) is 10.2. The molecule has 144 valence electrons. The highest BCUT2D eigenvalue weighted by Crippen LogP contribution is 2.18. The van der Waals surface area contributed by atoms with Gasteiger partial charge in [-0.3, -0.25) is 0 Å². The van der Waals surface area contributed by atoms with E-state index >= 15 is 0 Å². The van der Waals surface area contributed by atoms with Crippen molar-refractivity contribution < 1.29 is 9.53 Å². The zero-order chi connectivity index (χ0) is 19.6. The first kappa shape index (κ1) is 19.5. The van der Waals surface area contributed by atoms with Gasteiger partial charge in [0.05, 0.1) is 0 Å². The lowest BCUT2D eigenvalue weighted by Crippen LogP contribution is -2.40. The van der Waals surface area contributed by atoms with Gasteiger partial charge in [-0.25, -0.2) is 4.79 Å². The normalized spacial score (nSPS) is 10.3. The second-order valence-corrected chi connectivity index (χ2v) is 6.56. The Hall–Kier alpha value is -3.27. The van der Waals surface area contributed by atoms with Crippen molar-refractivity contribution in [3.05, 3.63) is 102 Å². The van der Waals surface area contributed by atoms with Crippen LogP contribution < -0.4 is 10.1 Å². The number of para-hydroxylation sites is 1. The highest BCUT2D eigenvalue weighted by molar-refractivity contribution is 5.74. The maximum Gasteiger partial charge on any atom is 0.320 e. The summed E-state index contributed by atoms with van der Waals surface area (Å²) in [5.41, 5.74) is 3.30. The van der Waals surface area contributed by atoms with Crippen molar-refractivity contribution >= 4 is 6.03 Å². The van der Waals surface area contributed by atoms with Gasteiger partial charge < -0.3 is 15.0 Å². The van der Waals surface area contributed by atoms with Crippen molar-refractivity contribution in [1.82, 2.24) is 10.2 Å². The molecule has 3 aromatic rings. The molecule has 0 fully saturated rings. The minimum Gasteiger partial charge on any atom is -0.473 e. The van der Waals surface area contributed by atoms with E-state index in [0.29, 0.717) is 13.1 Å². The summed E-state index contributed by atoms with van der Waals surface area (Å²) in [4.78, 5) is 14.6. The molecule has 0 saturated carbocycles. The quantitative estimate of drug-likeness (QED) is 0.564. The van der Waals surface area contributed by atoms with Crippen molar-refractivity contribution in [3.63, 3.8) is 0 Å². The third kappa shape index (κ3) is 5.61. The molecule has 3 rings (SSSR count). The van der Waals surface area contributed by atoms with Crippen LogP contribution in [0.15, 0.2) is 84.9 Å². The molecule has 0 saturated heterocycles. The minimum absolute atomic E-state index is 0.135. The van der Waals surface area contributed by atoms with Gasteiger partial charge in [0.25, 0.3) is 0 Å². The van der Waals surface area contributed by atoms with Crippen LogP contribution >= 0.6 is 0 Å². The topological polar surface area (TPSA) is 41.6 Å². The fraction of sp³-hybridized carbons (Fsp3) is 0.208. The zero-order valence-corrected chi connectivity index (χ0v) is 16.2. The van der Waals surface area contributed by atoms with Crippen LogP contribution in [-0.4, -0.2) is 17.7 Å². The minimum atomic E-state index is -0.151. The van der Waals surface area contributed by atoms with Crippen molar-refractivity contribution in [2.45, 2.75) is 26.4 Å². The molecule has 0 radical (unpaired) electrons. The molecule has 0 heterocycles. The maximum atomic E-state index is 12.8. The largest absolute Gasteiger partial charge is 0.473 e. The Bertz CT molecular complexity index is 825. The number of carbonyl (C=O) groups excluding carboxylic acids is 1. The number of hydrogen-bond acceptors (Lipinski definition) is 2. The average Bonchev–Trinajstić information content (AvgIpc) is 2.75. The van der Waals surface area contributed by atoms with Crippen LogP contribution in [0.25, 0.3) is 0 Å². The summed E-state index contributed by atoms with van der Waals surface area (Å²) < 4.78 is 5.79. The molecule has 0 aliphatic heterocycles. The lowest BCUT2D eigenvalue weighted by atomic mass is 10.1. The molecule has 28 heavy (non-hydrogen) atoms. The van der Waals surface area contributed by atoms with Crippen LogP contribution in [0.2, 0.25) is 0 Å². The predicted octanol–water partition coefficient (Wildman–Crippen LogP) is 5.00. The lowest BCUT2D eigenvalue weighted by molar-refractivity contribution is 0.179. The number of carbonyl (C=O) groups is 1. The van der Waals surface area contributed by atoms with Gasteiger partial charge in [0.15, 0.2) is 6.73 Å². The molecule has 0 bridgehead atoms. The predicted molar refractivity (Wildman–Crippen MR) is 112 cm³/mol. The standard InChI is InChI=1S/C24H26N2O2/c1-2-22-15-9-10-16-23(22)28-19-25-24(27)26(17-20-11-5-3-6-12-20)18-21-13-7-4-8-14-21/h3-16H,2,17-19H2,1H3,(H,25,27). The highest BCUT2D eigenvalue weighted by atomic mass is 16.5. The average molecular weight is 374 g/mol. The number of aryl methyl sites for hydroxylation is 1. The monoisotopic (exact) mass is 374 g/mol. The highest BCUT2D eigenvalue weighted by Gasteiger charge is 2.14. The number of nitrogens with one attached hydrogen (secondary N) is 1. The molecule has 1 N–H and O–H groups in total. The van der Waals surface area contributed by atoms with Crippen molar-refractivity contribution in [2.24, 2.45) is 0 Å². The molecule has 3 aromatic carbocycles. The van der Waals surface area contributed by atoms with Gasteiger partial charge in [-0.1, -0.05) is 85.8 Å². The molecule has 4 heteroatoms. The third-order valence-corrected chi connectivity index (χ3v) is 4.52. The Morgan fingerprint density at radius 1 is 0.821 bits per heavy atom. The van der Waals surface area contributed by atoms with E-state index in [1.165, 1.54) is 0 Å². The van der Waals surface area contributed by atoms with Gasteiger partial charge in [0.1, 0.15) is 5.75 Å². The number of rotatable bonds is 8. The fourth-order valence-electron chi connectivity index (χ4n) is 3.03. The zero-order valence-electron chi connectivity index (χ0n) is 16.2. The summed E-state index contributed by atoms with van der Waals surface area (Å²) in [6.07, 6.45) is 0.887. The van der Waals surface area contributed by atoms with Crippen LogP contribution in [-0.2, 0) is 19.5 Å². The maximum absolute atomic E-state index is 12.8. The molecule has 0 aromatic heterocycles. The molecule has 0 unspecified atom stereocenters. The van der Waals surface area contributed by atoms with Crippen LogP contribution in [0.4, 0.5) is 4.79 Å². The summed E-state index contributed by atoms with van der Waals surface area (Å²) in [7, 11) is 0. The second-order valence-electron chi connectivity index (χ2n) is 6.56. The van der Waals surface area contributed by atoms with Gasteiger partial charge >= 0.3 is 6.03 Å². The van der Waals surface area contributed by atoms with Crippen molar-refractivity contribution in [2.75, 3.05) is 6.73 Å². The molecule has 0 aliphatic rings. The van der Waals surface area contributed by atoms with E-state index in [1.807, 2.05) is 84.9 Å². The van der Waals surface area contributed by atoms with Gasteiger partial charge in [-0.2, -0.15) is 0 Å². The van der Waals surface area contributed by atoms with Gasteiger partial charge in [0.2, 0.25) is 0 Å². The number of amides is 2. The first-order valence-corrected chi connectivity index (χ1v) is 9.57. The summed E-state index contributed by atoms with van der Waals surface area (Å²) >= 11 is 0. The van der Waals surface area contributed by atoms with E-state index in [0.717, 1.165) is 28.9 Å². The summed E-state index contributed by atoms with van der Waals surface area (Å²) in [5, 5.41) is 2.89. The Morgan fingerprint density at radius 3 is 1.93 bits per heavy atom. The van der Waals surface area contributed by atoms with Crippen molar-refractivity contribution in [1.29, 1.82) is 0 Å². The van der Waals surface area contributed by atoms with Crippen LogP contribution in [0, 0.1) is 0 Å². The molecule has 4 nitrogen and oxygen atoms in total. The van der Waals surface area contributed by atoms with Gasteiger partial charge in [-0.05, 0) is 29.2 Å². The Balaban J connectivity index is 1.64. The van der Waals surface area contributed by atoms with Gasteiger partial charge in [0, 0.05) is 13.1 Å². The van der Waals surface area contributed by atoms with Crippen LogP contribution in [0.5, 0.6) is 5.75 Å². The molecular weight excluding hydrogens is 348 g/mol. The number of urea groups is 1. The molecule has 0 atom stereocenters. The van der Waals surface area contributed by atoms with E-state index in [2.05, 4.69) is 12.2 Å². The van der Waals surface area contributed by atoms with Gasteiger partial charge in [-0.15, -0.1) is 0 Å². The number of ether oxygens (including phenoxy) is 1. The molecule has 0 spiro atoms. The first-order chi connectivity index (χ1) is 13.8. The third-order valence-electron chi connectivity index (χ3n) is 4.52. The summed E-state index contributed by atoms with van der Waals surface area (Å²) in [6.45, 7) is 3.29. The van der Waals surface area contributed by atoms with E-state index in [-0.39, 0.29) is 12.8 Å². The summed E-state index contributed by atoms with van der Waals surface area (Å²) in [5.74, 6) is 0.808. The number of benzene rings is 3. The number of hydrogen-bond donors (Lipinski definition) is 1. The van der Waals surface area contributed by atoms with E-state index in [4.69, 9.17) is 4.74 Å².